The number of hydrogen-bond acceptors (Lipinski definition) is 8. The third kappa shape index (κ3) is 4.25. The molecule has 0 radical (unpaired) electrons. The molecule has 0 saturated carbocycles. The van der Waals surface area contributed by atoms with Crippen molar-refractivity contribution in [1.29, 1.82) is 0 Å². The number of nitro groups is 1. The number of hydrogen-bond donors (Lipinski definition) is 0. The van der Waals surface area contributed by atoms with Crippen LogP contribution in [0.1, 0.15) is 5.69 Å². The highest BCUT2D eigenvalue weighted by Gasteiger charge is 2.18. The predicted octanol–water partition coefficient (Wildman–Crippen LogP) is 4.74. The zero-order valence-corrected chi connectivity index (χ0v) is 17.4. The maximum atomic E-state index is 12.3. The number of aromatic nitrogens is 4. The predicted molar refractivity (Wildman–Crippen MR) is 113 cm³/mol. The Labute approximate surface area is 181 Å². The minimum absolute atomic E-state index is 0.120. The molecule has 2 aromatic heterocycles. The van der Waals surface area contributed by atoms with Crippen LogP contribution in [-0.4, -0.2) is 24.9 Å². The minimum Gasteiger partial charge on any atom is -0.267 e. The van der Waals surface area contributed by atoms with Gasteiger partial charge in [0.15, 0.2) is 4.34 Å². The summed E-state index contributed by atoms with van der Waals surface area (Å²) in [5, 5.41) is 20.4. The molecule has 8 nitrogen and oxygen atoms in total. The molecule has 4 rings (SSSR count). The number of nitro benzene ring substituents is 1. The molecule has 146 valence electrons. The summed E-state index contributed by atoms with van der Waals surface area (Å²) >= 11 is 14.1. The Morgan fingerprint density at radius 1 is 1.17 bits per heavy atom. The molecule has 0 unspecified atom stereocenters. The van der Waals surface area contributed by atoms with Crippen LogP contribution in [0.15, 0.2) is 51.7 Å². The van der Waals surface area contributed by atoms with E-state index in [1.54, 1.807) is 23.0 Å². The third-order valence-electron chi connectivity index (χ3n) is 3.82. The van der Waals surface area contributed by atoms with E-state index in [0.29, 0.717) is 20.8 Å². The molecule has 0 saturated heterocycles. The van der Waals surface area contributed by atoms with Crippen LogP contribution in [-0.2, 0) is 5.75 Å². The van der Waals surface area contributed by atoms with Gasteiger partial charge in [-0.1, -0.05) is 40.2 Å². The Balaban J connectivity index is 1.60. The van der Waals surface area contributed by atoms with Crippen LogP contribution in [0.2, 0.25) is 10.0 Å². The van der Waals surface area contributed by atoms with Gasteiger partial charge in [-0.3, -0.25) is 14.9 Å². The van der Waals surface area contributed by atoms with Crippen LogP contribution in [0, 0.1) is 10.1 Å². The molecule has 4 aromatic rings. The summed E-state index contributed by atoms with van der Waals surface area (Å²) < 4.78 is 2.25. The van der Waals surface area contributed by atoms with Crippen molar-refractivity contribution in [2.24, 2.45) is 0 Å². The molecule has 2 heterocycles. The molecule has 2 aromatic carbocycles. The van der Waals surface area contributed by atoms with Gasteiger partial charge < -0.3 is 0 Å². The van der Waals surface area contributed by atoms with E-state index in [2.05, 4.69) is 15.3 Å². The van der Waals surface area contributed by atoms with Gasteiger partial charge in [0.05, 0.1) is 27.9 Å². The van der Waals surface area contributed by atoms with E-state index in [9.17, 15) is 14.9 Å². The van der Waals surface area contributed by atoms with Crippen molar-refractivity contribution in [2.45, 2.75) is 10.1 Å². The van der Waals surface area contributed by atoms with Gasteiger partial charge >= 0.3 is 0 Å². The van der Waals surface area contributed by atoms with E-state index in [-0.39, 0.29) is 20.8 Å². The fraction of sp³-hybridized carbons (Fsp3) is 0.0588. The highest BCUT2D eigenvalue weighted by molar-refractivity contribution is 8.00. The molecule has 0 aliphatic carbocycles. The number of nitrogens with zero attached hydrogens (tertiary/aromatic N) is 5. The third-order valence-corrected chi connectivity index (χ3v) is 6.57. The van der Waals surface area contributed by atoms with E-state index in [0.717, 1.165) is 17.0 Å². The first-order valence-corrected chi connectivity index (χ1v) is 10.6. The highest BCUT2D eigenvalue weighted by atomic mass is 35.5. The number of rotatable bonds is 5. The summed E-state index contributed by atoms with van der Waals surface area (Å²) in [5.41, 5.74) is 0.695. The van der Waals surface area contributed by atoms with Crippen molar-refractivity contribution in [3.8, 4) is 5.69 Å². The van der Waals surface area contributed by atoms with Crippen LogP contribution < -0.4 is 5.56 Å². The molecule has 0 aliphatic heterocycles. The summed E-state index contributed by atoms with van der Waals surface area (Å²) in [5.74, 6) is 0.392. The number of halogens is 2. The van der Waals surface area contributed by atoms with Gasteiger partial charge in [-0.2, -0.15) is 4.98 Å². The van der Waals surface area contributed by atoms with Crippen molar-refractivity contribution in [3.63, 3.8) is 0 Å². The van der Waals surface area contributed by atoms with Crippen LogP contribution >= 0.6 is 46.3 Å². The fourth-order valence-corrected chi connectivity index (χ4v) is 4.87. The molecule has 0 atom stereocenters. The molecule has 0 aliphatic rings. The lowest BCUT2D eigenvalue weighted by Crippen LogP contribution is -2.06. The molecule has 0 spiro atoms. The van der Waals surface area contributed by atoms with Crippen molar-refractivity contribution >= 4 is 62.1 Å². The second-order valence-electron chi connectivity index (χ2n) is 5.76. The zero-order chi connectivity index (χ0) is 20.5. The summed E-state index contributed by atoms with van der Waals surface area (Å²) in [4.78, 5) is 27.1. The Bertz CT molecular complexity index is 1290. The van der Waals surface area contributed by atoms with Crippen LogP contribution in [0.4, 0.5) is 5.69 Å². The average molecular weight is 466 g/mol. The zero-order valence-electron chi connectivity index (χ0n) is 14.3. The molecule has 12 heteroatoms. The molecule has 0 fully saturated rings. The van der Waals surface area contributed by atoms with Crippen molar-refractivity contribution in [2.75, 3.05) is 0 Å². The first-order chi connectivity index (χ1) is 13.9. The van der Waals surface area contributed by atoms with Crippen molar-refractivity contribution in [3.05, 3.63) is 78.8 Å². The lowest BCUT2D eigenvalue weighted by atomic mass is 10.2. The first-order valence-electron chi connectivity index (χ1n) is 7.99. The van der Waals surface area contributed by atoms with Crippen LogP contribution in [0.25, 0.3) is 15.8 Å². The molecule has 0 N–H and O–H groups in total. The normalized spacial score (nSPS) is 11.1. The minimum atomic E-state index is -0.559. The van der Waals surface area contributed by atoms with Gasteiger partial charge in [0.2, 0.25) is 0 Å². The van der Waals surface area contributed by atoms with Gasteiger partial charge in [-0.25, -0.2) is 4.68 Å². The summed E-state index contributed by atoms with van der Waals surface area (Å²) in [6, 6.07) is 9.75. The molecular weight excluding hydrogens is 457 g/mol. The smallest absolute Gasteiger partial charge is 0.267 e. The van der Waals surface area contributed by atoms with E-state index in [4.69, 9.17) is 23.2 Å². The largest absolute Gasteiger partial charge is 0.288 e. The summed E-state index contributed by atoms with van der Waals surface area (Å²) in [7, 11) is 0. The van der Waals surface area contributed by atoms with Gasteiger partial charge in [0.1, 0.15) is 4.70 Å². The number of benzene rings is 2. The topological polar surface area (TPSA) is 104 Å². The van der Waals surface area contributed by atoms with E-state index in [1.165, 1.54) is 23.9 Å². The highest BCUT2D eigenvalue weighted by Crippen LogP contribution is 2.35. The lowest BCUT2D eigenvalue weighted by molar-refractivity contribution is -0.382. The van der Waals surface area contributed by atoms with Gasteiger partial charge in [0.25, 0.3) is 11.2 Å². The Morgan fingerprint density at radius 3 is 2.66 bits per heavy atom. The van der Waals surface area contributed by atoms with Gasteiger partial charge in [-0.15, -0.1) is 16.4 Å². The Hall–Kier alpha value is -2.53. The maximum Gasteiger partial charge on any atom is 0.288 e. The number of fused-ring (bicyclic) bond motifs is 1. The maximum absolute atomic E-state index is 12.3. The lowest BCUT2D eigenvalue weighted by Gasteiger charge is -2.02. The molecule has 0 amide bonds. The van der Waals surface area contributed by atoms with Gasteiger partial charge in [0, 0.05) is 21.9 Å². The van der Waals surface area contributed by atoms with Crippen molar-refractivity contribution < 1.29 is 4.92 Å². The monoisotopic (exact) mass is 465 g/mol. The quantitative estimate of drug-likeness (QED) is 0.238. The second-order valence-corrected chi connectivity index (χ2v) is 8.86. The van der Waals surface area contributed by atoms with E-state index >= 15 is 0 Å². The number of non-ortho nitro benzene ring substituents is 1. The molecule has 29 heavy (non-hydrogen) atoms. The standard InChI is InChI=1S/C17H9Cl2N5O3S2/c18-9-1-3-12(4-2-9)23-7-11(21-22-23)8-28-17-20-16(25)13-5-10(19)6-14(24(26)27)15(13)29-17/h1-7H,8H2. The van der Waals surface area contributed by atoms with E-state index < -0.39 is 10.5 Å². The fourth-order valence-electron chi connectivity index (χ4n) is 2.52. The molecular formula is C17H9Cl2N5O3S2. The Morgan fingerprint density at radius 2 is 1.93 bits per heavy atom. The summed E-state index contributed by atoms with van der Waals surface area (Å²) in [6.07, 6.45) is 1.75. The van der Waals surface area contributed by atoms with Crippen molar-refractivity contribution in [1.82, 2.24) is 20.0 Å². The Kier molecular flexibility index (Phi) is 5.50. The van der Waals surface area contributed by atoms with Gasteiger partial charge in [-0.05, 0) is 30.3 Å². The van der Waals surface area contributed by atoms with E-state index in [1.807, 2.05) is 12.1 Å². The SMILES string of the molecule is O=c1nc(SCc2cn(-c3ccc(Cl)cc3)nn2)sc2c([N+](=O)[O-])cc(Cl)cc12. The van der Waals surface area contributed by atoms with Crippen LogP contribution in [0.5, 0.6) is 0 Å². The second kappa shape index (κ2) is 8.07. The summed E-state index contributed by atoms with van der Waals surface area (Å²) in [6.45, 7) is 0. The first kappa shape index (κ1) is 19.8. The average Bonchev–Trinajstić information content (AvgIpc) is 3.16. The number of thioether (sulfide) groups is 1. The van der Waals surface area contributed by atoms with Crippen LogP contribution in [0.3, 0.4) is 0 Å². The molecule has 0 bridgehead atoms.